The number of amides is 1. The Balaban J connectivity index is 2.45. The quantitative estimate of drug-likeness (QED) is 0.683. The number of hydrogen-bond donors (Lipinski definition) is 2. The Hall–Kier alpha value is -1.89. The lowest BCUT2D eigenvalue weighted by atomic mass is 10.4. The van der Waals surface area contributed by atoms with Gasteiger partial charge in [-0.05, 0) is 20.2 Å². The fourth-order valence-corrected chi connectivity index (χ4v) is 1.25. The van der Waals surface area contributed by atoms with Crippen molar-refractivity contribution in [3.8, 4) is 0 Å². The van der Waals surface area contributed by atoms with E-state index in [2.05, 4.69) is 10.4 Å². The van der Waals surface area contributed by atoms with E-state index in [1.807, 2.05) is 19.0 Å². The zero-order chi connectivity index (χ0) is 12.8. The van der Waals surface area contributed by atoms with Crippen molar-refractivity contribution in [2.24, 2.45) is 0 Å². The van der Waals surface area contributed by atoms with E-state index >= 15 is 0 Å². The second-order valence-electron chi connectivity index (χ2n) is 3.83. The Morgan fingerprint density at radius 1 is 1.53 bits per heavy atom. The molecule has 94 valence electrons. The third kappa shape index (κ3) is 4.23. The fourth-order valence-electron chi connectivity index (χ4n) is 1.25. The van der Waals surface area contributed by atoms with Crippen molar-refractivity contribution < 1.29 is 14.7 Å². The average molecular weight is 240 g/mol. The van der Waals surface area contributed by atoms with Crippen molar-refractivity contribution >= 4 is 11.9 Å². The highest BCUT2D eigenvalue weighted by Gasteiger charge is 2.12. The normalized spacial score (nSPS) is 10.5. The largest absolute Gasteiger partial charge is 0.477 e. The van der Waals surface area contributed by atoms with Crippen LogP contribution in [0.5, 0.6) is 0 Å². The summed E-state index contributed by atoms with van der Waals surface area (Å²) in [6.07, 6.45) is 1.36. The number of hydrogen-bond acceptors (Lipinski definition) is 4. The molecule has 0 saturated heterocycles. The lowest BCUT2D eigenvalue weighted by Gasteiger charge is -2.10. The van der Waals surface area contributed by atoms with Crippen LogP contribution in [0.25, 0.3) is 0 Å². The molecule has 0 fully saturated rings. The summed E-state index contributed by atoms with van der Waals surface area (Å²) >= 11 is 0. The van der Waals surface area contributed by atoms with Crippen LogP contribution in [0.15, 0.2) is 12.3 Å². The average Bonchev–Trinajstić information content (AvgIpc) is 2.65. The van der Waals surface area contributed by atoms with Gasteiger partial charge >= 0.3 is 5.97 Å². The van der Waals surface area contributed by atoms with Gasteiger partial charge in [0.2, 0.25) is 5.91 Å². The molecule has 0 bridgehead atoms. The van der Waals surface area contributed by atoms with Crippen LogP contribution in [0.4, 0.5) is 0 Å². The predicted molar refractivity (Wildman–Crippen MR) is 60.8 cm³/mol. The lowest BCUT2D eigenvalue weighted by molar-refractivity contribution is -0.121. The first kappa shape index (κ1) is 13.2. The van der Waals surface area contributed by atoms with Gasteiger partial charge in [-0.3, -0.25) is 4.79 Å². The summed E-state index contributed by atoms with van der Waals surface area (Å²) in [6, 6.07) is 1.36. The van der Waals surface area contributed by atoms with Crippen molar-refractivity contribution in [2.45, 2.75) is 6.54 Å². The van der Waals surface area contributed by atoms with Crippen molar-refractivity contribution in [3.63, 3.8) is 0 Å². The van der Waals surface area contributed by atoms with Crippen LogP contribution < -0.4 is 5.32 Å². The van der Waals surface area contributed by atoms with Crippen molar-refractivity contribution in [1.29, 1.82) is 0 Å². The number of aromatic nitrogens is 2. The molecule has 1 rings (SSSR count). The van der Waals surface area contributed by atoms with Crippen LogP contribution in [0.1, 0.15) is 10.5 Å². The molecule has 1 amide bonds. The van der Waals surface area contributed by atoms with E-state index in [4.69, 9.17) is 5.11 Å². The maximum absolute atomic E-state index is 11.5. The number of carbonyl (C=O) groups excluding carboxylic acids is 1. The third-order valence-electron chi connectivity index (χ3n) is 2.11. The van der Waals surface area contributed by atoms with Crippen LogP contribution in [-0.2, 0) is 11.3 Å². The molecule has 1 aromatic rings. The molecule has 2 N–H and O–H groups in total. The highest BCUT2D eigenvalue weighted by molar-refractivity contribution is 5.86. The van der Waals surface area contributed by atoms with Gasteiger partial charge in [0.1, 0.15) is 12.2 Å². The Morgan fingerprint density at radius 2 is 2.24 bits per heavy atom. The summed E-state index contributed by atoms with van der Waals surface area (Å²) in [5, 5.41) is 15.3. The van der Waals surface area contributed by atoms with Gasteiger partial charge in [0, 0.05) is 19.3 Å². The smallest absolute Gasteiger partial charge is 0.354 e. The first-order valence-corrected chi connectivity index (χ1v) is 5.17. The minimum absolute atomic E-state index is 0.00718. The number of rotatable bonds is 6. The van der Waals surface area contributed by atoms with Gasteiger partial charge in [-0.1, -0.05) is 0 Å². The molecule has 0 aliphatic heterocycles. The number of carboxylic acid groups (broad SMARTS) is 1. The Labute approximate surface area is 99.0 Å². The molecule has 0 saturated carbocycles. The monoisotopic (exact) mass is 240 g/mol. The molecule has 0 atom stereocenters. The highest BCUT2D eigenvalue weighted by Crippen LogP contribution is 1.98. The molecule has 0 aliphatic carbocycles. The molecule has 1 heterocycles. The SMILES string of the molecule is CN(C)CCNC(=O)Cn1nccc1C(=O)O. The lowest BCUT2D eigenvalue weighted by Crippen LogP contribution is -2.34. The molecule has 0 unspecified atom stereocenters. The van der Waals surface area contributed by atoms with Gasteiger partial charge in [0.25, 0.3) is 0 Å². The molecule has 17 heavy (non-hydrogen) atoms. The maximum atomic E-state index is 11.5. The topological polar surface area (TPSA) is 87.5 Å². The molecule has 0 aliphatic rings. The molecule has 1 aromatic heterocycles. The summed E-state index contributed by atoms with van der Waals surface area (Å²) < 4.78 is 1.16. The summed E-state index contributed by atoms with van der Waals surface area (Å²) in [4.78, 5) is 24.2. The number of aromatic carboxylic acids is 1. The molecular formula is C10H16N4O3. The van der Waals surface area contributed by atoms with E-state index in [0.717, 1.165) is 11.2 Å². The first-order chi connectivity index (χ1) is 8.00. The van der Waals surface area contributed by atoms with E-state index in [1.165, 1.54) is 12.3 Å². The summed E-state index contributed by atoms with van der Waals surface area (Å²) in [7, 11) is 3.81. The minimum Gasteiger partial charge on any atom is -0.477 e. The van der Waals surface area contributed by atoms with E-state index in [-0.39, 0.29) is 18.1 Å². The second kappa shape index (κ2) is 6.00. The third-order valence-corrected chi connectivity index (χ3v) is 2.11. The van der Waals surface area contributed by atoms with Crippen LogP contribution in [-0.4, -0.2) is 58.8 Å². The van der Waals surface area contributed by atoms with Gasteiger partial charge in [-0.2, -0.15) is 5.10 Å². The summed E-state index contributed by atoms with van der Waals surface area (Å²) in [5.74, 6) is -1.35. The van der Waals surface area contributed by atoms with Gasteiger partial charge < -0.3 is 15.3 Å². The number of nitrogens with one attached hydrogen (secondary N) is 1. The molecule has 7 nitrogen and oxygen atoms in total. The van der Waals surface area contributed by atoms with Gasteiger partial charge in [0.15, 0.2) is 0 Å². The van der Waals surface area contributed by atoms with Crippen LogP contribution >= 0.6 is 0 Å². The number of likely N-dealkylation sites (N-methyl/N-ethyl adjacent to an activating group) is 1. The van der Waals surface area contributed by atoms with Crippen molar-refractivity contribution in [2.75, 3.05) is 27.2 Å². The molecule has 0 radical (unpaired) electrons. The van der Waals surface area contributed by atoms with Crippen LogP contribution in [0.2, 0.25) is 0 Å². The molecule has 0 spiro atoms. The molecule has 7 heteroatoms. The van der Waals surface area contributed by atoms with Gasteiger partial charge in [0.05, 0.1) is 0 Å². The maximum Gasteiger partial charge on any atom is 0.354 e. The molecule has 0 aromatic carbocycles. The number of carboxylic acids is 1. The van der Waals surface area contributed by atoms with Crippen molar-refractivity contribution in [1.82, 2.24) is 20.0 Å². The van der Waals surface area contributed by atoms with E-state index in [1.54, 1.807) is 0 Å². The Kier molecular flexibility index (Phi) is 4.65. The Morgan fingerprint density at radius 3 is 2.82 bits per heavy atom. The number of nitrogens with zero attached hydrogens (tertiary/aromatic N) is 3. The Bertz CT molecular complexity index is 400. The summed E-state index contributed by atoms with van der Waals surface area (Å²) in [6.45, 7) is 1.17. The highest BCUT2D eigenvalue weighted by atomic mass is 16.4. The predicted octanol–water partition coefficient (Wildman–Crippen LogP) is -0.741. The summed E-state index contributed by atoms with van der Waals surface area (Å²) in [5.41, 5.74) is 0.00718. The number of carbonyl (C=O) groups is 2. The van der Waals surface area contributed by atoms with Crippen LogP contribution in [0, 0.1) is 0 Å². The second-order valence-corrected chi connectivity index (χ2v) is 3.83. The van der Waals surface area contributed by atoms with E-state index < -0.39 is 5.97 Å². The van der Waals surface area contributed by atoms with Crippen molar-refractivity contribution in [3.05, 3.63) is 18.0 Å². The van der Waals surface area contributed by atoms with Gasteiger partial charge in [-0.25, -0.2) is 9.48 Å². The zero-order valence-electron chi connectivity index (χ0n) is 9.88. The first-order valence-electron chi connectivity index (χ1n) is 5.17. The minimum atomic E-state index is -1.09. The fraction of sp³-hybridized carbons (Fsp3) is 0.500. The standard InChI is InChI=1S/C10H16N4O3/c1-13(2)6-5-11-9(15)7-14-8(10(16)17)3-4-12-14/h3-4H,5-7H2,1-2H3,(H,11,15)(H,16,17). The van der Waals surface area contributed by atoms with Gasteiger partial charge in [-0.15, -0.1) is 0 Å². The van der Waals surface area contributed by atoms with E-state index in [9.17, 15) is 9.59 Å². The van der Waals surface area contributed by atoms with E-state index in [0.29, 0.717) is 6.54 Å². The zero-order valence-corrected chi connectivity index (χ0v) is 9.88. The van der Waals surface area contributed by atoms with Crippen LogP contribution in [0.3, 0.4) is 0 Å². The molecular weight excluding hydrogens is 224 g/mol.